The maximum atomic E-state index is 12.5. The largest absolute Gasteiger partial charge is 0.481 e. The van der Waals surface area contributed by atoms with Crippen LogP contribution in [0.3, 0.4) is 0 Å². The first kappa shape index (κ1) is 18.1. The lowest BCUT2D eigenvalue weighted by atomic mass is 10.1. The molecule has 0 fully saturated rings. The van der Waals surface area contributed by atoms with Crippen LogP contribution in [-0.4, -0.2) is 23.0 Å². The number of rotatable bonds is 5. The van der Waals surface area contributed by atoms with E-state index >= 15 is 0 Å². The van der Waals surface area contributed by atoms with Gasteiger partial charge in [0.15, 0.2) is 0 Å². The van der Waals surface area contributed by atoms with Crippen molar-refractivity contribution in [2.24, 2.45) is 0 Å². The summed E-state index contributed by atoms with van der Waals surface area (Å²) < 4.78 is 6.19. The van der Waals surface area contributed by atoms with Gasteiger partial charge in [-0.05, 0) is 37.3 Å². The lowest BCUT2D eigenvalue weighted by molar-refractivity contribution is 0.0949. The fraction of sp³-hybridized carbons (Fsp3) is 0.150. The van der Waals surface area contributed by atoms with E-state index in [1.807, 2.05) is 49.4 Å². The van der Waals surface area contributed by atoms with Crippen LogP contribution in [0.1, 0.15) is 21.6 Å². The molecular formula is C20H18BrN3O2. The van der Waals surface area contributed by atoms with Crippen molar-refractivity contribution in [3.05, 3.63) is 76.0 Å². The summed E-state index contributed by atoms with van der Waals surface area (Å²) in [6.45, 7) is 2.17. The van der Waals surface area contributed by atoms with E-state index in [1.165, 1.54) is 0 Å². The minimum atomic E-state index is -0.179. The molecule has 1 amide bonds. The van der Waals surface area contributed by atoms with E-state index in [0.29, 0.717) is 23.7 Å². The van der Waals surface area contributed by atoms with Crippen LogP contribution < -0.4 is 10.1 Å². The lowest BCUT2D eigenvalue weighted by Gasteiger charge is -2.11. The normalized spacial score (nSPS) is 10.4. The topological polar surface area (TPSA) is 64.1 Å². The SMILES string of the molecule is COc1ncccc1CNC(=O)c1ccc(-c2cccc(Br)c2)nc1C. The van der Waals surface area contributed by atoms with Crippen molar-refractivity contribution in [1.82, 2.24) is 15.3 Å². The molecule has 1 aromatic carbocycles. The molecule has 26 heavy (non-hydrogen) atoms. The average molecular weight is 412 g/mol. The Morgan fingerprint density at radius 1 is 1.19 bits per heavy atom. The molecule has 0 aliphatic heterocycles. The van der Waals surface area contributed by atoms with E-state index in [-0.39, 0.29) is 5.91 Å². The number of methoxy groups -OCH3 is 1. The van der Waals surface area contributed by atoms with Gasteiger partial charge >= 0.3 is 0 Å². The maximum absolute atomic E-state index is 12.5. The van der Waals surface area contributed by atoms with E-state index in [9.17, 15) is 4.79 Å². The molecule has 132 valence electrons. The third-order valence-electron chi connectivity index (χ3n) is 3.93. The Kier molecular flexibility index (Phi) is 5.63. The molecular weight excluding hydrogens is 394 g/mol. The van der Waals surface area contributed by atoms with E-state index in [4.69, 9.17) is 4.74 Å². The predicted octanol–water partition coefficient (Wildman–Crippen LogP) is 4.15. The molecule has 6 heteroatoms. The molecule has 0 saturated carbocycles. The third kappa shape index (κ3) is 4.08. The Bertz CT molecular complexity index is 944. The number of benzene rings is 1. The summed E-state index contributed by atoms with van der Waals surface area (Å²) in [6.07, 6.45) is 1.65. The molecule has 0 atom stereocenters. The molecule has 5 nitrogen and oxygen atoms in total. The fourth-order valence-corrected chi connectivity index (χ4v) is 3.02. The highest BCUT2D eigenvalue weighted by molar-refractivity contribution is 9.10. The number of carbonyl (C=O) groups is 1. The zero-order valence-electron chi connectivity index (χ0n) is 14.5. The van der Waals surface area contributed by atoms with Gasteiger partial charge in [-0.25, -0.2) is 4.98 Å². The molecule has 0 saturated heterocycles. The van der Waals surface area contributed by atoms with Gasteiger partial charge in [0, 0.05) is 28.3 Å². The van der Waals surface area contributed by atoms with E-state index in [1.54, 1.807) is 19.4 Å². The van der Waals surface area contributed by atoms with E-state index in [0.717, 1.165) is 21.3 Å². The number of halogens is 1. The van der Waals surface area contributed by atoms with Crippen LogP contribution in [0.2, 0.25) is 0 Å². The summed E-state index contributed by atoms with van der Waals surface area (Å²) >= 11 is 3.46. The minimum absolute atomic E-state index is 0.179. The molecule has 0 radical (unpaired) electrons. The van der Waals surface area contributed by atoms with Crippen LogP contribution in [0.25, 0.3) is 11.3 Å². The quantitative estimate of drug-likeness (QED) is 0.684. The summed E-state index contributed by atoms with van der Waals surface area (Å²) in [5, 5.41) is 2.89. The molecule has 0 aliphatic rings. The number of hydrogen-bond donors (Lipinski definition) is 1. The van der Waals surface area contributed by atoms with Crippen LogP contribution in [0.15, 0.2) is 59.2 Å². The molecule has 0 spiro atoms. The van der Waals surface area contributed by atoms with Gasteiger partial charge in [-0.2, -0.15) is 0 Å². The van der Waals surface area contributed by atoms with Crippen molar-refractivity contribution in [3.8, 4) is 17.1 Å². The van der Waals surface area contributed by atoms with Gasteiger partial charge in [0.1, 0.15) is 0 Å². The number of aryl methyl sites for hydroxylation is 1. The van der Waals surface area contributed by atoms with Crippen LogP contribution >= 0.6 is 15.9 Å². The third-order valence-corrected chi connectivity index (χ3v) is 4.43. The first-order valence-corrected chi connectivity index (χ1v) is 8.87. The zero-order valence-corrected chi connectivity index (χ0v) is 16.1. The second-order valence-electron chi connectivity index (χ2n) is 5.69. The van der Waals surface area contributed by atoms with Crippen LogP contribution in [0.5, 0.6) is 5.88 Å². The highest BCUT2D eigenvalue weighted by atomic mass is 79.9. The molecule has 2 aromatic heterocycles. The number of ether oxygens (including phenoxy) is 1. The van der Waals surface area contributed by atoms with E-state index < -0.39 is 0 Å². The Labute approximate surface area is 160 Å². The Balaban J connectivity index is 1.76. The molecule has 0 bridgehead atoms. The second kappa shape index (κ2) is 8.10. The smallest absolute Gasteiger partial charge is 0.253 e. The molecule has 3 aromatic rings. The molecule has 0 unspecified atom stereocenters. The summed E-state index contributed by atoms with van der Waals surface area (Å²) in [6, 6.07) is 15.2. The molecule has 0 aliphatic carbocycles. The van der Waals surface area contributed by atoms with Gasteiger partial charge in [0.2, 0.25) is 5.88 Å². The van der Waals surface area contributed by atoms with Crippen molar-refractivity contribution >= 4 is 21.8 Å². The first-order valence-electron chi connectivity index (χ1n) is 8.08. The standard InChI is InChI=1S/C20H18BrN3O2/c1-13-17(8-9-18(24-13)14-5-3-7-16(21)11-14)19(25)23-12-15-6-4-10-22-20(15)26-2/h3-11H,12H2,1-2H3,(H,23,25). The van der Waals surface area contributed by atoms with E-state index in [2.05, 4.69) is 31.2 Å². The average Bonchev–Trinajstić information content (AvgIpc) is 2.66. The monoisotopic (exact) mass is 411 g/mol. The molecule has 2 heterocycles. The fourth-order valence-electron chi connectivity index (χ4n) is 2.62. The lowest BCUT2D eigenvalue weighted by Crippen LogP contribution is -2.24. The first-order chi connectivity index (χ1) is 12.6. The highest BCUT2D eigenvalue weighted by Crippen LogP contribution is 2.22. The van der Waals surface area contributed by atoms with Crippen LogP contribution in [-0.2, 0) is 6.54 Å². The molecule has 3 rings (SSSR count). The highest BCUT2D eigenvalue weighted by Gasteiger charge is 2.12. The van der Waals surface area contributed by atoms with Crippen LogP contribution in [0, 0.1) is 6.92 Å². The summed E-state index contributed by atoms with van der Waals surface area (Å²) in [5.74, 6) is 0.328. The van der Waals surface area contributed by atoms with Gasteiger partial charge in [-0.15, -0.1) is 0 Å². The Morgan fingerprint density at radius 2 is 2.04 bits per heavy atom. The summed E-state index contributed by atoms with van der Waals surface area (Å²) in [4.78, 5) is 21.2. The van der Waals surface area contributed by atoms with Crippen molar-refractivity contribution in [2.45, 2.75) is 13.5 Å². The number of hydrogen-bond acceptors (Lipinski definition) is 4. The van der Waals surface area contributed by atoms with Crippen molar-refractivity contribution in [3.63, 3.8) is 0 Å². The van der Waals surface area contributed by atoms with Gasteiger partial charge in [-0.3, -0.25) is 9.78 Å². The number of carbonyl (C=O) groups excluding carboxylic acids is 1. The van der Waals surface area contributed by atoms with Crippen molar-refractivity contribution in [1.29, 1.82) is 0 Å². The Morgan fingerprint density at radius 3 is 2.77 bits per heavy atom. The summed E-state index contributed by atoms with van der Waals surface area (Å²) in [5.41, 5.74) is 3.87. The number of aromatic nitrogens is 2. The number of pyridine rings is 2. The molecule has 1 N–H and O–H groups in total. The maximum Gasteiger partial charge on any atom is 0.253 e. The van der Waals surface area contributed by atoms with Crippen molar-refractivity contribution < 1.29 is 9.53 Å². The zero-order chi connectivity index (χ0) is 18.5. The number of amides is 1. The van der Waals surface area contributed by atoms with Gasteiger partial charge in [-0.1, -0.05) is 34.1 Å². The Hall–Kier alpha value is -2.73. The number of nitrogens with one attached hydrogen (secondary N) is 1. The van der Waals surface area contributed by atoms with Gasteiger partial charge < -0.3 is 10.1 Å². The van der Waals surface area contributed by atoms with Gasteiger partial charge in [0.05, 0.1) is 24.1 Å². The second-order valence-corrected chi connectivity index (χ2v) is 6.61. The summed E-state index contributed by atoms with van der Waals surface area (Å²) in [7, 11) is 1.56. The van der Waals surface area contributed by atoms with Crippen molar-refractivity contribution in [2.75, 3.05) is 7.11 Å². The van der Waals surface area contributed by atoms with Gasteiger partial charge in [0.25, 0.3) is 5.91 Å². The van der Waals surface area contributed by atoms with Crippen LogP contribution in [0.4, 0.5) is 0 Å². The number of nitrogens with zero attached hydrogens (tertiary/aromatic N) is 2. The minimum Gasteiger partial charge on any atom is -0.481 e. The predicted molar refractivity (Wildman–Crippen MR) is 104 cm³/mol.